The summed E-state index contributed by atoms with van der Waals surface area (Å²) in [7, 11) is 0. The average Bonchev–Trinajstić information content (AvgIpc) is 2.54. The molecule has 1 aliphatic heterocycles. The molecule has 1 fully saturated rings. The van der Waals surface area contributed by atoms with Gasteiger partial charge in [-0.25, -0.2) is 0 Å². The Hall–Kier alpha value is -1.84. The van der Waals surface area contributed by atoms with Crippen LogP contribution < -0.4 is 5.32 Å². The zero-order chi connectivity index (χ0) is 17.0. The molecule has 0 spiro atoms. The van der Waals surface area contributed by atoms with Gasteiger partial charge in [-0.15, -0.1) is 0 Å². The number of carbonyl (C=O) groups is 2. The van der Waals surface area contributed by atoms with Crippen LogP contribution >= 0.6 is 0 Å². The van der Waals surface area contributed by atoms with Crippen molar-refractivity contribution in [2.75, 3.05) is 18.4 Å². The average molecular weight is 316 g/mol. The quantitative estimate of drug-likeness (QED) is 0.928. The second-order valence-corrected chi connectivity index (χ2v) is 7.38. The fraction of sp³-hybridized carbons (Fsp3) is 0.579. The number of hydrogen-bond acceptors (Lipinski definition) is 2. The van der Waals surface area contributed by atoms with Crippen LogP contribution in [0.4, 0.5) is 5.69 Å². The van der Waals surface area contributed by atoms with E-state index in [-0.39, 0.29) is 17.7 Å². The summed E-state index contributed by atoms with van der Waals surface area (Å²) >= 11 is 0. The van der Waals surface area contributed by atoms with Crippen molar-refractivity contribution < 1.29 is 9.59 Å². The zero-order valence-electron chi connectivity index (χ0n) is 14.7. The molecule has 4 heteroatoms. The van der Waals surface area contributed by atoms with E-state index in [2.05, 4.69) is 12.2 Å². The first-order chi connectivity index (χ1) is 10.8. The van der Waals surface area contributed by atoms with Crippen LogP contribution in [-0.4, -0.2) is 29.8 Å². The predicted molar refractivity (Wildman–Crippen MR) is 93.2 cm³/mol. The van der Waals surface area contributed by atoms with Crippen molar-refractivity contribution in [2.45, 2.75) is 47.0 Å². The van der Waals surface area contributed by atoms with Gasteiger partial charge >= 0.3 is 0 Å². The van der Waals surface area contributed by atoms with E-state index in [1.54, 1.807) is 0 Å². The molecule has 0 aliphatic carbocycles. The molecule has 1 saturated heterocycles. The van der Waals surface area contributed by atoms with Crippen LogP contribution in [0, 0.1) is 11.3 Å². The summed E-state index contributed by atoms with van der Waals surface area (Å²) < 4.78 is 0. The van der Waals surface area contributed by atoms with Crippen molar-refractivity contribution in [1.29, 1.82) is 0 Å². The molecule has 1 aromatic carbocycles. The molecular formula is C19H28N2O2. The van der Waals surface area contributed by atoms with Gasteiger partial charge in [0.1, 0.15) is 0 Å². The van der Waals surface area contributed by atoms with Crippen molar-refractivity contribution in [3.8, 4) is 0 Å². The fourth-order valence-electron chi connectivity index (χ4n) is 2.92. The molecule has 1 atom stereocenters. The molecule has 0 radical (unpaired) electrons. The molecule has 23 heavy (non-hydrogen) atoms. The van der Waals surface area contributed by atoms with Crippen molar-refractivity contribution in [3.05, 3.63) is 29.8 Å². The van der Waals surface area contributed by atoms with E-state index in [0.717, 1.165) is 31.5 Å². The topological polar surface area (TPSA) is 49.4 Å². The predicted octanol–water partition coefficient (Wildman–Crippen LogP) is 3.47. The lowest BCUT2D eigenvalue weighted by atomic mass is 9.91. The van der Waals surface area contributed by atoms with Gasteiger partial charge in [-0.05, 0) is 37.0 Å². The molecule has 2 rings (SSSR count). The monoisotopic (exact) mass is 316 g/mol. The summed E-state index contributed by atoms with van der Waals surface area (Å²) in [6, 6.07) is 7.95. The maximum Gasteiger partial charge on any atom is 0.229 e. The number of amides is 2. The highest BCUT2D eigenvalue weighted by molar-refractivity contribution is 5.93. The van der Waals surface area contributed by atoms with Crippen LogP contribution in [0.3, 0.4) is 0 Å². The summed E-state index contributed by atoms with van der Waals surface area (Å²) in [4.78, 5) is 26.7. The molecule has 1 N–H and O–H groups in total. The molecule has 0 saturated carbocycles. The molecule has 1 aliphatic rings. The number of piperidine rings is 1. The van der Waals surface area contributed by atoms with Gasteiger partial charge in [-0.3, -0.25) is 9.59 Å². The standard InChI is InChI=1S/C19H28N2O2/c1-5-14-8-10-16(11-9-14)20-17(22)15-7-6-12-21(13-15)18(23)19(2,3)4/h8-11,15H,5-7,12-13H2,1-4H3,(H,20,22)/t15-/m0/s1. The maximum absolute atomic E-state index is 12.5. The Labute approximate surface area is 139 Å². The second-order valence-electron chi connectivity index (χ2n) is 7.38. The summed E-state index contributed by atoms with van der Waals surface area (Å²) in [6.45, 7) is 9.16. The smallest absolute Gasteiger partial charge is 0.229 e. The van der Waals surface area contributed by atoms with Crippen LogP contribution in [0.15, 0.2) is 24.3 Å². The van der Waals surface area contributed by atoms with Crippen LogP contribution in [-0.2, 0) is 16.0 Å². The summed E-state index contributed by atoms with van der Waals surface area (Å²) in [6.07, 6.45) is 2.71. The van der Waals surface area contributed by atoms with Crippen molar-refractivity contribution >= 4 is 17.5 Å². The number of nitrogens with one attached hydrogen (secondary N) is 1. The molecule has 0 aromatic heterocycles. The number of carbonyl (C=O) groups excluding carboxylic acids is 2. The molecule has 1 aromatic rings. The minimum Gasteiger partial charge on any atom is -0.341 e. The SMILES string of the molecule is CCc1ccc(NC(=O)[C@H]2CCCN(C(=O)C(C)(C)C)C2)cc1. The van der Waals surface area contributed by atoms with Crippen molar-refractivity contribution in [2.24, 2.45) is 11.3 Å². The lowest BCUT2D eigenvalue weighted by Gasteiger charge is -2.35. The van der Waals surface area contributed by atoms with Crippen LogP contribution in [0.5, 0.6) is 0 Å². The van der Waals surface area contributed by atoms with Gasteiger partial charge < -0.3 is 10.2 Å². The second kappa shape index (κ2) is 7.16. The maximum atomic E-state index is 12.5. The normalized spacial score (nSPS) is 18.6. The fourth-order valence-corrected chi connectivity index (χ4v) is 2.92. The molecule has 0 unspecified atom stereocenters. The number of anilines is 1. The van der Waals surface area contributed by atoms with E-state index in [1.165, 1.54) is 5.56 Å². The van der Waals surface area contributed by atoms with Gasteiger partial charge in [-0.2, -0.15) is 0 Å². The van der Waals surface area contributed by atoms with E-state index in [4.69, 9.17) is 0 Å². The van der Waals surface area contributed by atoms with Gasteiger partial charge in [0.15, 0.2) is 0 Å². The Kier molecular flexibility index (Phi) is 5.45. The molecule has 1 heterocycles. The van der Waals surface area contributed by atoms with Gasteiger partial charge in [0.05, 0.1) is 5.92 Å². The van der Waals surface area contributed by atoms with Crippen molar-refractivity contribution in [1.82, 2.24) is 4.90 Å². The van der Waals surface area contributed by atoms with Crippen LogP contribution in [0.2, 0.25) is 0 Å². The van der Waals surface area contributed by atoms with Gasteiger partial charge in [-0.1, -0.05) is 39.8 Å². The number of rotatable bonds is 3. The molecule has 0 bridgehead atoms. The third-order valence-corrected chi connectivity index (χ3v) is 4.35. The number of aryl methyl sites for hydroxylation is 1. The van der Waals surface area contributed by atoms with E-state index in [9.17, 15) is 9.59 Å². The lowest BCUT2D eigenvalue weighted by Crippen LogP contribution is -2.47. The van der Waals surface area contributed by atoms with E-state index in [1.807, 2.05) is 49.9 Å². The zero-order valence-corrected chi connectivity index (χ0v) is 14.7. The van der Waals surface area contributed by atoms with Crippen LogP contribution in [0.1, 0.15) is 46.1 Å². The van der Waals surface area contributed by atoms with Crippen molar-refractivity contribution in [3.63, 3.8) is 0 Å². The minimum absolute atomic E-state index is 0.0145. The highest BCUT2D eigenvalue weighted by atomic mass is 16.2. The highest BCUT2D eigenvalue weighted by Crippen LogP contribution is 2.24. The van der Waals surface area contributed by atoms with Gasteiger partial charge in [0, 0.05) is 24.2 Å². The number of nitrogens with zero attached hydrogens (tertiary/aromatic N) is 1. The molecule has 2 amide bonds. The Morgan fingerprint density at radius 1 is 1.22 bits per heavy atom. The van der Waals surface area contributed by atoms with Gasteiger partial charge in [0.25, 0.3) is 0 Å². The highest BCUT2D eigenvalue weighted by Gasteiger charge is 2.33. The third kappa shape index (κ3) is 4.57. The Morgan fingerprint density at radius 3 is 2.43 bits per heavy atom. The summed E-state index contributed by atoms with van der Waals surface area (Å²) in [5.41, 5.74) is 1.68. The molecule has 4 nitrogen and oxygen atoms in total. The Balaban J connectivity index is 1.97. The van der Waals surface area contributed by atoms with E-state index < -0.39 is 5.41 Å². The first-order valence-corrected chi connectivity index (χ1v) is 8.50. The minimum atomic E-state index is -0.394. The van der Waals surface area contributed by atoms with Gasteiger partial charge in [0.2, 0.25) is 11.8 Å². The molecular weight excluding hydrogens is 288 g/mol. The largest absolute Gasteiger partial charge is 0.341 e. The van der Waals surface area contributed by atoms with Crippen LogP contribution in [0.25, 0.3) is 0 Å². The third-order valence-electron chi connectivity index (χ3n) is 4.35. The summed E-state index contributed by atoms with van der Waals surface area (Å²) in [5.74, 6) is 0.0175. The molecule has 126 valence electrons. The number of hydrogen-bond donors (Lipinski definition) is 1. The van der Waals surface area contributed by atoms with E-state index >= 15 is 0 Å². The van der Waals surface area contributed by atoms with E-state index in [0.29, 0.717) is 6.54 Å². The number of benzene rings is 1. The summed E-state index contributed by atoms with van der Waals surface area (Å²) in [5, 5.41) is 2.98. The Bertz CT molecular complexity index is 558. The first kappa shape index (κ1) is 17.5. The first-order valence-electron chi connectivity index (χ1n) is 8.50. The number of likely N-dealkylation sites (tertiary alicyclic amines) is 1. The lowest BCUT2D eigenvalue weighted by molar-refractivity contribution is -0.142. The Morgan fingerprint density at radius 2 is 1.87 bits per heavy atom.